The number of fused-ring (bicyclic) bond motifs is 1. The van der Waals surface area contributed by atoms with Gasteiger partial charge in [-0.05, 0) is 47.7 Å². The largest absolute Gasteiger partial charge is 0.504 e. The van der Waals surface area contributed by atoms with E-state index in [1.807, 2.05) is 24.3 Å². The molecule has 0 saturated heterocycles. The number of amides is 1. The van der Waals surface area contributed by atoms with Crippen LogP contribution in [0.1, 0.15) is 30.0 Å². The molecule has 0 spiro atoms. The summed E-state index contributed by atoms with van der Waals surface area (Å²) in [5, 5.41) is 13.7. The molecule has 0 saturated carbocycles. The van der Waals surface area contributed by atoms with Crippen LogP contribution in [0, 0.1) is 0 Å². The number of carbonyl (C=O) groups excluding carboxylic acids is 1. The van der Waals surface area contributed by atoms with Gasteiger partial charge in [0.05, 0.1) is 28.4 Å². The molecule has 0 aliphatic heterocycles. The van der Waals surface area contributed by atoms with Crippen molar-refractivity contribution in [2.45, 2.75) is 25.8 Å². The molecule has 3 rings (SSSR count). The third-order valence-corrected chi connectivity index (χ3v) is 5.19. The van der Waals surface area contributed by atoms with Gasteiger partial charge in [-0.2, -0.15) is 0 Å². The quantitative estimate of drug-likeness (QED) is 0.756. The summed E-state index contributed by atoms with van der Waals surface area (Å²) in [5.41, 5.74) is 3.28. The lowest BCUT2D eigenvalue weighted by Gasteiger charge is -2.18. The number of rotatable bonds is 6. The standard InChI is InChI=1S/C23H27NO6/c1-13(25)24-15-6-7-17-16(8-9-19(27-2)22(17)26)18(12-15)14-10-20(28-3)23(30-5)21(11-14)29-4/h8-12,15,26H,6-7H2,1-5H3,(H,24,25). The van der Waals surface area contributed by atoms with E-state index < -0.39 is 0 Å². The lowest BCUT2D eigenvalue weighted by Crippen LogP contribution is -2.31. The number of nitrogens with one attached hydrogen (secondary N) is 1. The minimum atomic E-state index is -0.200. The van der Waals surface area contributed by atoms with E-state index in [0.717, 1.165) is 22.3 Å². The molecular formula is C23H27NO6. The van der Waals surface area contributed by atoms with Crippen molar-refractivity contribution in [3.05, 3.63) is 47.0 Å². The highest BCUT2D eigenvalue weighted by molar-refractivity contribution is 5.86. The van der Waals surface area contributed by atoms with Crippen molar-refractivity contribution in [3.63, 3.8) is 0 Å². The fourth-order valence-electron chi connectivity index (χ4n) is 3.82. The van der Waals surface area contributed by atoms with Crippen LogP contribution in [0.4, 0.5) is 0 Å². The molecule has 0 fully saturated rings. The summed E-state index contributed by atoms with van der Waals surface area (Å²) in [5.74, 6) is 1.94. The van der Waals surface area contributed by atoms with Gasteiger partial charge in [0.2, 0.25) is 11.7 Å². The minimum Gasteiger partial charge on any atom is -0.504 e. The van der Waals surface area contributed by atoms with Crippen LogP contribution in [0.3, 0.4) is 0 Å². The highest BCUT2D eigenvalue weighted by Crippen LogP contribution is 2.44. The average molecular weight is 413 g/mol. The first-order chi connectivity index (χ1) is 14.4. The van der Waals surface area contributed by atoms with Crippen molar-refractivity contribution >= 4 is 11.5 Å². The Morgan fingerprint density at radius 2 is 1.63 bits per heavy atom. The molecule has 0 heterocycles. The first-order valence-corrected chi connectivity index (χ1v) is 9.62. The van der Waals surface area contributed by atoms with Gasteiger partial charge < -0.3 is 29.4 Å². The summed E-state index contributed by atoms with van der Waals surface area (Å²) in [6, 6.07) is 7.16. The predicted octanol–water partition coefficient (Wildman–Crippen LogP) is 3.31. The van der Waals surface area contributed by atoms with E-state index in [4.69, 9.17) is 18.9 Å². The van der Waals surface area contributed by atoms with Crippen molar-refractivity contribution in [1.82, 2.24) is 5.32 Å². The van der Waals surface area contributed by atoms with Crippen molar-refractivity contribution in [3.8, 4) is 28.7 Å². The Morgan fingerprint density at radius 3 is 2.17 bits per heavy atom. The van der Waals surface area contributed by atoms with Gasteiger partial charge in [0.1, 0.15) is 0 Å². The van der Waals surface area contributed by atoms with Crippen LogP contribution in [-0.2, 0) is 11.2 Å². The van der Waals surface area contributed by atoms with E-state index in [1.165, 1.54) is 14.0 Å². The van der Waals surface area contributed by atoms with Gasteiger partial charge in [0.15, 0.2) is 23.0 Å². The van der Waals surface area contributed by atoms with Crippen LogP contribution < -0.4 is 24.3 Å². The zero-order valence-electron chi connectivity index (χ0n) is 17.9. The first kappa shape index (κ1) is 21.4. The van der Waals surface area contributed by atoms with Gasteiger partial charge in [0.25, 0.3) is 0 Å². The molecule has 160 valence electrons. The zero-order chi connectivity index (χ0) is 21.8. The molecule has 1 unspecified atom stereocenters. The van der Waals surface area contributed by atoms with Gasteiger partial charge in [-0.1, -0.05) is 12.1 Å². The Labute approximate surface area is 176 Å². The number of ether oxygens (including phenoxy) is 4. The van der Waals surface area contributed by atoms with Gasteiger partial charge in [-0.3, -0.25) is 4.79 Å². The van der Waals surface area contributed by atoms with Crippen molar-refractivity contribution in [2.24, 2.45) is 0 Å². The zero-order valence-corrected chi connectivity index (χ0v) is 17.9. The normalized spacial score (nSPS) is 15.4. The maximum atomic E-state index is 11.7. The van der Waals surface area contributed by atoms with Crippen molar-refractivity contribution in [1.29, 1.82) is 0 Å². The van der Waals surface area contributed by atoms with E-state index in [-0.39, 0.29) is 17.7 Å². The van der Waals surface area contributed by atoms with E-state index >= 15 is 0 Å². The maximum absolute atomic E-state index is 11.7. The molecule has 1 amide bonds. The molecule has 1 atom stereocenters. The minimum absolute atomic E-state index is 0.108. The number of hydrogen-bond donors (Lipinski definition) is 2. The van der Waals surface area contributed by atoms with Crippen LogP contribution in [0.2, 0.25) is 0 Å². The second-order valence-corrected chi connectivity index (χ2v) is 6.98. The number of phenols is 1. The highest BCUT2D eigenvalue weighted by Gasteiger charge is 2.25. The molecule has 0 bridgehead atoms. The van der Waals surface area contributed by atoms with Crippen LogP contribution in [0.5, 0.6) is 28.7 Å². The molecule has 30 heavy (non-hydrogen) atoms. The Kier molecular flexibility index (Phi) is 6.40. The molecule has 2 N–H and O–H groups in total. The van der Waals surface area contributed by atoms with Gasteiger partial charge in [0, 0.05) is 18.5 Å². The summed E-state index contributed by atoms with van der Waals surface area (Å²) in [7, 11) is 6.20. The fourth-order valence-corrected chi connectivity index (χ4v) is 3.82. The fraction of sp³-hybridized carbons (Fsp3) is 0.348. The molecule has 1 aliphatic rings. The summed E-state index contributed by atoms with van der Waals surface area (Å²) in [6.07, 6.45) is 3.22. The van der Waals surface area contributed by atoms with Crippen LogP contribution in [-0.4, -0.2) is 45.5 Å². The molecule has 0 radical (unpaired) electrons. The number of benzene rings is 2. The van der Waals surface area contributed by atoms with Crippen LogP contribution in [0.15, 0.2) is 30.3 Å². The third kappa shape index (κ3) is 4.01. The Hall–Kier alpha value is -3.35. The summed E-state index contributed by atoms with van der Waals surface area (Å²) in [4.78, 5) is 11.7. The summed E-state index contributed by atoms with van der Waals surface area (Å²) < 4.78 is 21.7. The first-order valence-electron chi connectivity index (χ1n) is 9.62. The molecule has 1 aliphatic carbocycles. The number of aromatic hydroxyl groups is 1. The smallest absolute Gasteiger partial charge is 0.217 e. The summed E-state index contributed by atoms with van der Waals surface area (Å²) in [6.45, 7) is 1.49. The lowest BCUT2D eigenvalue weighted by molar-refractivity contribution is -0.119. The second kappa shape index (κ2) is 8.98. The van der Waals surface area contributed by atoms with E-state index in [0.29, 0.717) is 35.8 Å². The van der Waals surface area contributed by atoms with E-state index in [1.54, 1.807) is 27.4 Å². The molecule has 7 nitrogen and oxygen atoms in total. The average Bonchev–Trinajstić information content (AvgIpc) is 2.92. The number of methoxy groups -OCH3 is 4. The highest BCUT2D eigenvalue weighted by atomic mass is 16.5. The molecule has 7 heteroatoms. The van der Waals surface area contributed by atoms with Crippen LogP contribution >= 0.6 is 0 Å². The number of carbonyl (C=O) groups is 1. The summed E-state index contributed by atoms with van der Waals surface area (Å²) >= 11 is 0. The topological polar surface area (TPSA) is 86.3 Å². The van der Waals surface area contributed by atoms with Crippen molar-refractivity contribution in [2.75, 3.05) is 28.4 Å². The maximum Gasteiger partial charge on any atom is 0.217 e. The van der Waals surface area contributed by atoms with Gasteiger partial charge in [-0.25, -0.2) is 0 Å². The van der Waals surface area contributed by atoms with Crippen LogP contribution in [0.25, 0.3) is 5.57 Å². The van der Waals surface area contributed by atoms with Gasteiger partial charge in [-0.15, -0.1) is 0 Å². The number of hydrogen-bond acceptors (Lipinski definition) is 6. The predicted molar refractivity (Wildman–Crippen MR) is 114 cm³/mol. The van der Waals surface area contributed by atoms with Crippen molar-refractivity contribution < 1.29 is 28.8 Å². The molecule has 0 aromatic heterocycles. The van der Waals surface area contributed by atoms with E-state index in [2.05, 4.69) is 5.32 Å². The molecular weight excluding hydrogens is 386 g/mol. The van der Waals surface area contributed by atoms with Gasteiger partial charge >= 0.3 is 0 Å². The third-order valence-electron chi connectivity index (χ3n) is 5.19. The lowest BCUT2D eigenvalue weighted by atomic mass is 9.92. The Bertz CT molecular complexity index is 957. The monoisotopic (exact) mass is 413 g/mol. The number of phenolic OH excluding ortho intramolecular Hbond substituents is 1. The Balaban J connectivity index is 2.24. The molecule has 2 aromatic carbocycles. The second-order valence-electron chi connectivity index (χ2n) is 6.98. The van der Waals surface area contributed by atoms with E-state index in [9.17, 15) is 9.90 Å². The SMILES string of the molecule is COc1ccc2c(c1O)CCC(NC(C)=O)C=C2c1cc(OC)c(OC)c(OC)c1. The Morgan fingerprint density at radius 1 is 1.00 bits per heavy atom. The molecule has 2 aromatic rings.